The molecule has 2 rings (SSSR count). The molecule has 2 N–H and O–H groups in total. The van der Waals surface area contributed by atoms with Gasteiger partial charge in [0.05, 0.1) is 0 Å². The third-order valence-electron chi connectivity index (χ3n) is 3.08. The zero-order valence-corrected chi connectivity index (χ0v) is 7.67. The van der Waals surface area contributed by atoms with Crippen molar-refractivity contribution >= 4 is 0 Å². The monoisotopic (exact) mass is 161 g/mol. The molecule has 1 unspecified atom stereocenters. The van der Waals surface area contributed by atoms with Gasteiger partial charge in [-0.1, -0.05) is 38.1 Å². The molecule has 1 nitrogen and oxygen atoms in total. The quantitative estimate of drug-likeness (QED) is 0.617. The average Bonchev–Trinajstić information content (AvgIpc) is 2.25. The number of hydrogen-bond acceptors (Lipinski definition) is 1. The van der Waals surface area contributed by atoms with Gasteiger partial charge in [-0.05, 0) is 17.5 Å². The maximum atomic E-state index is 6.06. The molecule has 0 heterocycles. The Morgan fingerprint density at radius 2 is 2.00 bits per heavy atom. The third kappa shape index (κ3) is 0.896. The lowest BCUT2D eigenvalue weighted by Gasteiger charge is -2.24. The minimum absolute atomic E-state index is 0.163. The van der Waals surface area contributed by atoms with Gasteiger partial charge in [0.1, 0.15) is 0 Å². The zero-order chi connectivity index (χ0) is 8.77. The van der Waals surface area contributed by atoms with Crippen LogP contribution in [0.2, 0.25) is 0 Å². The summed E-state index contributed by atoms with van der Waals surface area (Å²) in [5.41, 5.74) is 9.08. The minimum Gasteiger partial charge on any atom is -0.327 e. The second-order valence-corrected chi connectivity index (χ2v) is 4.19. The van der Waals surface area contributed by atoms with Gasteiger partial charge in [-0.3, -0.25) is 0 Å². The molecule has 0 amide bonds. The average molecular weight is 161 g/mol. The van der Waals surface area contributed by atoms with Crippen molar-refractivity contribution in [3.05, 3.63) is 35.4 Å². The minimum atomic E-state index is 0.163. The van der Waals surface area contributed by atoms with Crippen molar-refractivity contribution in [2.75, 3.05) is 0 Å². The number of hydrogen-bond donors (Lipinski definition) is 1. The second kappa shape index (κ2) is 2.33. The van der Waals surface area contributed by atoms with E-state index in [4.69, 9.17) is 5.73 Å². The highest BCUT2D eigenvalue weighted by Gasteiger charge is 2.36. The Kier molecular flexibility index (Phi) is 1.52. The van der Waals surface area contributed by atoms with E-state index < -0.39 is 0 Å². The fraction of sp³-hybridized carbons (Fsp3) is 0.455. The molecule has 1 aromatic rings. The van der Waals surface area contributed by atoms with Gasteiger partial charge in [-0.25, -0.2) is 0 Å². The van der Waals surface area contributed by atoms with Gasteiger partial charge in [0.2, 0.25) is 0 Å². The Balaban J connectivity index is 2.55. The maximum Gasteiger partial charge on any atom is 0.0172 e. The summed E-state index contributed by atoms with van der Waals surface area (Å²) in [6.07, 6.45) is 1.03. The molecule has 0 saturated carbocycles. The lowest BCUT2D eigenvalue weighted by atomic mass is 9.84. The lowest BCUT2D eigenvalue weighted by Crippen LogP contribution is -2.36. The summed E-state index contributed by atoms with van der Waals surface area (Å²) in [6.45, 7) is 4.45. The van der Waals surface area contributed by atoms with Crippen LogP contribution in [0.3, 0.4) is 0 Å². The Labute approximate surface area is 73.6 Å². The second-order valence-electron chi connectivity index (χ2n) is 4.19. The molecule has 0 fully saturated rings. The van der Waals surface area contributed by atoms with Crippen LogP contribution in [0.1, 0.15) is 25.0 Å². The highest BCUT2D eigenvalue weighted by Crippen LogP contribution is 2.36. The molecule has 0 bridgehead atoms. The van der Waals surface area contributed by atoms with E-state index >= 15 is 0 Å². The van der Waals surface area contributed by atoms with Crippen LogP contribution in [-0.2, 0) is 11.8 Å². The number of fused-ring (bicyclic) bond motifs is 1. The van der Waals surface area contributed by atoms with Gasteiger partial charge in [0.25, 0.3) is 0 Å². The largest absolute Gasteiger partial charge is 0.327 e. The molecule has 64 valence electrons. The van der Waals surface area contributed by atoms with E-state index in [0.29, 0.717) is 0 Å². The third-order valence-corrected chi connectivity index (χ3v) is 3.08. The predicted octanol–water partition coefficient (Wildman–Crippen LogP) is 1.85. The standard InChI is InChI=1S/C11H15N/c1-11(2)9-6-4-3-5-8(9)7-10(11)12/h3-6,10H,7,12H2,1-2H3. The van der Waals surface area contributed by atoms with Crippen LogP contribution in [0.15, 0.2) is 24.3 Å². The molecule has 1 atom stereocenters. The zero-order valence-electron chi connectivity index (χ0n) is 7.67. The van der Waals surface area contributed by atoms with Crippen LogP contribution < -0.4 is 5.73 Å². The van der Waals surface area contributed by atoms with Gasteiger partial charge < -0.3 is 5.73 Å². The van der Waals surface area contributed by atoms with Crippen LogP contribution >= 0.6 is 0 Å². The van der Waals surface area contributed by atoms with Crippen molar-refractivity contribution in [1.82, 2.24) is 0 Å². The fourth-order valence-electron chi connectivity index (χ4n) is 2.02. The Bertz CT molecular complexity index is 302. The summed E-state index contributed by atoms with van der Waals surface area (Å²) in [7, 11) is 0. The van der Waals surface area contributed by atoms with Crippen molar-refractivity contribution in [1.29, 1.82) is 0 Å². The fourth-order valence-corrected chi connectivity index (χ4v) is 2.02. The molecule has 0 radical (unpaired) electrons. The van der Waals surface area contributed by atoms with Crippen LogP contribution in [-0.4, -0.2) is 6.04 Å². The van der Waals surface area contributed by atoms with Gasteiger partial charge in [0.15, 0.2) is 0 Å². The number of rotatable bonds is 0. The van der Waals surface area contributed by atoms with Gasteiger partial charge in [-0.2, -0.15) is 0 Å². The SMILES string of the molecule is CC1(C)c2ccccc2CC1N. The van der Waals surface area contributed by atoms with E-state index in [2.05, 4.69) is 38.1 Å². The summed E-state index contributed by atoms with van der Waals surface area (Å²) < 4.78 is 0. The van der Waals surface area contributed by atoms with Crippen LogP contribution in [0.25, 0.3) is 0 Å². The van der Waals surface area contributed by atoms with Gasteiger partial charge in [-0.15, -0.1) is 0 Å². The van der Waals surface area contributed by atoms with Crippen molar-refractivity contribution < 1.29 is 0 Å². The summed E-state index contributed by atoms with van der Waals surface area (Å²) in [5.74, 6) is 0. The van der Waals surface area contributed by atoms with E-state index in [1.54, 1.807) is 0 Å². The maximum absolute atomic E-state index is 6.06. The summed E-state index contributed by atoms with van der Waals surface area (Å²) in [5, 5.41) is 0. The Hall–Kier alpha value is -0.820. The Morgan fingerprint density at radius 1 is 1.33 bits per heavy atom. The first-order valence-corrected chi connectivity index (χ1v) is 4.46. The van der Waals surface area contributed by atoms with E-state index in [9.17, 15) is 0 Å². The van der Waals surface area contributed by atoms with Crippen molar-refractivity contribution in [3.8, 4) is 0 Å². The van der Waals surface area contributed by atoms with E-state index in [-0.39, 0.29) is 11.5 Å². The van der Waals surface area contributed by atoms with Crippen LogP contribution in [0.4, 0.5) is 0 Å². The highest BCUT2D eigenvalue weighted by molar-refractivity contribution is 5.40. The van der Waals surface area contributed by atoms with Gasteiger partial charge >= 0.3 is 0 Å². The number of nitrogens with two attached hydrogens (primary N) is 1. The molecular weight excluding hydrogens is 146 g/mol. The highest BCUT2D eigenvalue weighted by atomic mass is 14.7. The molecule has 1 heteroatoms. The molecule has 0 saturated heterocycles. The predicted molar refractivity (Wildman–Crippen MR) is 51.1 cm³/mol. The van der Waals surface area contributed by atoms with Gasteiger partial charge in [0, 0.05) is 11.5 Å². The van der Waals surface area contributed by atoms with Crippen LogP contribution in [0.5, 0.6) is 0 Å². The van der Waals surface area contributed by atoms with Crippen molar-refractivity contribution in [3.63, 3.8) is 0 Å². The topological polar surface area (TPSA) is 26.0 Å². The number of benzene rings is 1. The van der Waals surface area contributed by atoms with Crippen molar-refractivity contribution in [2.24, 2.45) is 5.73 Å². The summed E-state index contributed by atoms with van der Waals surface area (Å²) >= 11 is 0. The molecule has 0 aliphatic heterocycles. The first-order chi connectivity index (χ1) is 5.62. The smallest absolute Gasteiger partial charge is 0.0172 e. The Morgan fingerprint density at radius 3 is 2.67 bits per heavy atom. The van der Waals surface area contributed by atoms with E-state index in [1.165, 1.54) is 11.1 Å². The molecule has 1 aliphatic rings. The lowest BCUT2D eigenvalue weighted by molar-refractivity contribution is 0.445. The molecule has 0 spiro atoms. The molecular formula is C11H15N. The van der Waals surface area contributed by atoms with Crippen LogP contribution in [0, 0.1) is 0 Å². The van der Waals surface area contributed by atoms with E-state index in [0.717, 1.165) is 6.42 Å². The summed E-state index contributed by atoms with van der Waals surface area (Å²) in [6, 6.07) is 8.85. The molecule has 1 aromatic carbocycles. The summed E-state index contributed by atoms with van der Waals surface area (Å²) in [4.78, 5) is 0. The molecule has 1 aliphatic carbocycles. The first-order valence-electron chi connectivity index (χ1n) is 4.46. The normalized spacial score (nSPS) is 25.4. The van der Waals surface area contributed by atoms with E-state index in [1.807, 2.05) is 0 Å². The molecule has 0 aromatic heterocycles. The molecule has 12 heavy (non-hydrogen) atoms. The first kappa shape index (κ1) is 7.81. The van der Waals surface area contributed by atoms with Crippen molar-refractivity contribution in [2.45, 2.75) is 31.7 Å².